The molecule has 110 valence electrons. The molecule has 2 aliphatic rings. The van der Waals surface area contributed by atoms with Crippen LogP contribution < -0.4 is 5.32 Å². The van der Waals surface area contributed by atoms with Gasteiger partial charge in [-0.05, 0) is 44.2 Å². The third kappa shape index (κ3) is 2.24. The summed E-state index contributed by atoms with van der Waals surface area (Å²) in [5.41, 5.74) is 0.790. The van der Waals surface area contributed by atoms with Crippen LogP contribution in [-0.2, 0) is 4.74 Å². The molecular formula is C16H18N2O2S. The molecule has 4 rings (SSSR count). The van der Waals surface area contributed by atoms with Gasteiger partial charge in [0.1, 0.15) is 0 Å². The van der Waals surface area contributed by atoms with Gasteiger partial charge in [-0.25, -0.2) is 4.98 Å². The van der Waals surface area contributed by atoms with Crippen molar-refractivity contribution in [2.45, 2.75) is 43.7 Å². The van der Waals surface area contributed by atoms with Crippen LogP contribution in [0.25, 0.3) is 10.2 Å². The molecule has 2 fully saturated rings. The van der Waals surface area contributed by atoms with E-state index in [0.717, 1.165) is 48.9 Å². The molecule has 0 unspecified atom stereocenters. The normalized spacial score (nSPS) is 28.5. The smallest absolute Gasteiger partial charge is 0.280 e. The molecule has 1 saturated carbocycles. The minimum Gasteiger partial charge on any atom is -0.373 e. The molecule has 0 bridgehead atoms. The number of thiazole rings is 1. The zero-order valence-electron chi connectivity index (χ0n) is 11.8. The molecule has 2 aromatic rings. The van der Waals surface area contributed by atoms with E-state index in [1.54, 1.807) is 0 Å². The lowest BCUT2D eigenvalue weighted by atomic mass is 9.94. The Labute approximate surface area is 127 Å². The van der Waals surface area contributed by atoms with E-state index in [-0.39, 0.29) is 17.6 Å². The number of benzene rings is 1. The molecule has 4 nitrogen and oxygen atoms in total. The van der Waals surface area contributed by atoms with Gasteiger partial charge in [-0.3, -0.25) is 4.79 Å². The first kappa shape index (κ1) is 13.2. The summed E-state index contributed by atoms with van der Waals surface area (Å²) in [6, 6.07) is 8.00. The minimum absolute atomic E-state index is 0.0574. The number of hydrogen-bond donors (Lipinski definition) is 1. The van der Waals surface area contributed by atoms with E-state index in [9.17, 15) is 4.79 Å². The van der Waals surface area contributed by atoms with Gasteiger partial charge in [0.15, 0.2) is 5.01 Å². The van der Waals surface area contributed by atoms with Crippen molar-refractivity contribution in [3.8, 4) is 0 Å². The van der Waals surface area contributed by atoms with Crippen molar-refractivity contribution in [1.82, 2.24) is 10.3 Å². The SMILES string of the molecule is O=C(N[C@@H]1CCC[C@]12CCCO2)c1nc2ccccc2s1. The molecule has 2 heterocycles. The second kappa shape index (κ2) is 5.07. The van der Waals surface area contributed by atoms with Crippen LogP contribution in [0.15, 0.2) is 24.3 Å². The van der Waals surface area contributed by atoms with Gasteiger partial charge in [-0.2, -0.15) is 0 Å². The van der Waals surface area contributed by atoms with Crippen LogP contribution in [0.2, 0.25) is 0 Å². The second-order valence-electron chi connectivity index (χ2n) is 5.92. The van der Waals surface area contributed by atoms with Crippen molar-refractivity contribution in [1.29, 1.82) is 0 Å². The largest absolute Gasteiger partial charge is 0.373 e. The lowest BCUT2D eigenvalue weighted by molar-refractivity contribution is -0.0101. The molecular weight excluding hydrogens is 284 g/mol. The van der Waals surface area contributed by atoms with Gasteiger partial charge in [0, 0.05) is 6.61 Å². The highest BCUT2D eigenvalue weighted by atomic mass is 32.1. The number of carbonyl (C=O) groups excluding carboxylic acids is 1. The molecule has 2 atom stereocenters. The molecule has 1 aromatic carbocycles. The highest BCUT2D eigenvalue weighted by Crippen LogP contribution is 2.41. The minimum atomic E-state index is -0.105. The van der Waals surface area contributed by atoms with Crippen molar-refractivity contribution in [3.63, 3.8) is 0 Å². The first-order valence-corrected chi connectivity index (χ1v) is 8.39. The average molecular weight is 302 g/mol. The molecule has 1 spiro atoms. The standard InChI is InChI=1S/C16H18N2O2S/c19-14(15-17-11-5-1-2-6-12(11)21-15)18-13-7-3-8-16(13)9-4-10-20-16/h1-2,5-6,13H,3-4,7-10H2,(H,18,19)/t13-,16+/m1/s1. The Bertz CT molecular complexity index is 637. The van der Waals surface area contributed by atoms with Crippen molar-refractivity contribution in [2.24, 2.45) is 0 Å². The van der Waals surface area contributed by atoms with Crippen molar-refractivity contribution >= 4 is 27.5 Å². The number of nitrogens with one attached hydrogen (secondary N) is 1. The van der Waals surface area contributed by atoms with Crippen LogP contribution in [0.4, 0.5) is 0 Å². The van der Waals surface area contributed by atoms with E-state index in [1.165, 1.54) is 11.3 Å². The number of aromatic nitrogens is 1. The van der Waals surface area contributed by atoms with Gasteiger partial charge in [0.25, 0.3) is 5.91 Å². The summed E-state index contributed by atoms with van der Waals surface area (Å²) >= 11 is 1.46. The maximum atomic E-state index is 12.5. The number of rotatable bonds is 2. The number of para-hydroxylation sites is 1. The second-order valence-corrected chi connectivity index (χ2v) is 6.95. The highest BCUT2D eigenvalue weighted by Gasteiger charge is 2.47. The van der Waals surface area contributed by atoms with Crippen LogP contribution in [0, 0.1) is 0 Å². The van der Waals surface area contributed by atoms with Gasteiger partial charge < -0.3 is 10.1 Å². The summed E-state index contributed by atoms with van der Waals surface area (Å²) in [4.78, 5) is 16.9. The Morgan fingerprint density at radius 3 is 3.00 bits per heavy atom. The van der Waals surface area contributed by atoms with E-state index in [1.807, 2.05) is 24.3 Å². The Morgan fingerprint density at radius 1 is 1.33 bits per heavy atom. The van der Waals surface area contributed by atoms with E-state index < -0.39 is 0 Å². The summed E-state index contributed by atoms with van der Waals surface area (Å²) in [7, 11) is 0. The fourth-order valence-corrected chi connectivity index (χ4v) is 4.50. The summed E-state index contributed by atoms with van der Waals surface area (Å²) in [5.74, 6) is -0.0574. The maximum absolute atomic E-state index is 12.5. The van der Waals surface area contributed by atoms with E-state index in [4.69, 9.17) is 4.74 Å². The molecule has 1 aliphatic carbocycles. The van der Waals surface area contributed by atoms with Gasteiger partial charge in [0.2, 0.25) is 0 Å². The van der Waals surface area contributed by atoms with Gasteiger partial charge in [-0.1, -0.05) is 12.1 Å². The summed E-state index contributed by atoms with van der Waals surface area (Å²) in [5, 5.41) is 3.72. The van der Waals surface area contributed by atoms with Gasteiger partial charge in [0.05, 0.1) is 21.9 Å². The number of hydrogen-bond acceptors (Lipinski definition) is 4. The van der Waals surface area contributed by atoms with Gasteiger partial charge >= 0.3 is 0 Å². The van der Waals surface area contributed by atoms with Crippen molar-refractivity contribution < 1.29 is 9.53 Å². The van der Waals surface area contributed by atoms with Crippen molar-refractivity contribution in [2.75, 3.05) is 6.61 Å². The molecule has 1 N–H and O–H groups in total. The number of nitrogens with zero attached hydrogens (tertiary/aromatic N) is 1. The zero-order valence-corrected chi connectivity index (χ0v) is 12.6. The average Bonchev–Trinajstić information content (AvgIpc) is 3.21. The first-order chi connectivity index (χ1) is 10.3. The predicted octanol–water partition coefficient (Wildman–Crippen LogP) is 3.13. The third-order valence-corrected chi connectivity index (χ3v) is 5.69. The quantitative estimate of drug-likeness (QED) is 0.927. The summed E-state index contributed by atoms with van der Waals surface area (Å²) < 4.78 is 7.03. The Morgan fingerprint density at radius 2 is 2.19 bits per heavy atom. The monoisotopic (exact) mass is 302 g/mol. The molecule has 1 aromatic heterocycles. The van der Waals surface area contributed by atoms with E-state index in [0.29, 0.717) is 5.01 Å². The van der Waals surface area contributed by atoms with Crippen LogP contribution >= 0.6 is 11.3 Å². The number of carbonyl (C=O) groups is 1. The lowest BCUT2D eigenvalue weighted by Gasteiger charge is -2.30. The van der Waals surface area contributed by atoms with Gasteiger partial charge in [-0.15, -0.1) is 11.3 Å². The molecule has 1 amide bonds. The molecule has 21 heavy (non-hydrogen) atoms. The fourth-order valence-electron chi connectivity index (χ4n) is 3.63. The topological polar surface area (TPSA) is 51.2 Å². The maximum Gasteiger partial charge on any atom is 0.280 e. The third-order valence-electron chi connectivity index (χ3n) is 4.66. The van der Waals surface area contributed by atoms with Crippen LogP contribution in [0.5, 0.6) is 0 Å². The fraction of sp³-hybridized carbons (Fsp3) is 0.500. The summed E-state index contributed by atoms with van der Waals surface area (Å²) in [6.07, 6.45) is 5.38. The van der Waals surface area contributed by atoms with E-state index in [2.05, 4.69) is 10.3 Å². The molecule has 1 aliphatic heterocycles. The highest BCUT2D eigenvalue weighted by molar-refractivity contribution is 7.20. The summed E-state index contributed by atoms with van der Waals surface area (Å²) in [6.45, 7) is 0.827. The van der Waals surface area contributed by atoms with Crippen LogP contribution in [0.1, 0.15) is 41.9 Å². The molecule has 0 radical (unpaired) electrons. The number of fused-ring (bicyclic) bond motifs is 1. The Balaban J connectivity index is 1.55. The first-order valence-electron chi connectivity index (χ1n) is 7.57. The number of ether oxygens (including phenoxy) is 1. The van der Waals surface area contributed by atoms with Crippen LogP contribution in [-0.4, -0.2) is 29.1 Å². The lowest BCUT2D eigenvalue weighted by Crippen LogP contribution is -2.48. The van der Waals surface area contributed by atoms with Crippen molar-refractivity contribution in [3.05, 3.63) is 29.3 Å². The zero-order chi connectivity index (χ0) is 14.3. The predicted molar refractivity (Wildman–Crippen MR) is 82.6 cm³/mol. The molecule has 5 heteroatoms. The van der Waals surface area contributed by atoms with Crippen LogP contribution in [0.3, 0.4) is 0 Å². The molecule has 1 saturated heterocycles. The number of amides is 1. The Kier molecular flexibility index (Phi) is 3.19. The van der Waals surface area contributed by atoms with E-state index >= 15 is 0 Å². The Hall–Kier alpha value is -1.46.